The van der Waals surface area contributed by atoms with E-state index in [0.29, 0.717) is 0 Å². The Morgan fingerprint density at radius 3 is 1.17 bits per heavy atom. The molecule has 0 saturated carbocycles. The first kappa shape index (κ1) is 37.0. The molecule has 0 spiro atoms. The van der Waals surface area contributed by atoms with Gasteiger partial charge in [-0.3, -0.25) is 0 Å². The lowest BCUT2D eigenvalue weighted by Gasteiger charge is -2.45. The molecule has 2 aromatic heterocycles. The highest BCUT2D eigenvalue weighted by atomic mass is 32.1. The third-order valence-electron chi connectivity index (χ3n) is 12.8. The Labute approximate surface area is 381 Å². The van der Waals surface area contributed by atoms with Crippen molar-refractivity contribution in [1.29, 1.82) is 0 Å². The Bertz CT molecular complexity index is 3300. The third-order valence-corrected chi connectivity index (χ3v) is 15.2. The fourth-order valence-electron chi connectivity index (χ4n) is 10.2. The zero-order valence-electron chi connectivity index (χ0n) is 34.7. The molecule has 0 unspecified atom stereocenters. The van der Waals surface area contributed by atoms with Crippen LogP contribution in [0, 0.1) is 0 Å². The first-order chi connectivity index (χ1) is 31.8. The maximum atomic E-state index is 2.61. The van der Waals surface area contributed by atoms with Gasteiger partial charge in [0.25, 0.3) is 6.71 Å². The maximum Gasteiger partial charge on any atom is 0.252 e. The van der Waals surface area contributed by atoms with E-state index in [1.165, 1.54) is 91.6 Å². The van der Waals surface area contributed by atoms with Crippen molar-refractivity contribution in [2.75, 3.05) is 14.7 Å². The van der Waals surface area contributed by atoms with Gasteiger partial charge in [-0.25, -0.2) is 0 Å². The molecule has 4 heterocycles. The highest BCUT2D eigenvalue weighted by Crippen LogP contribution is 2.56. The molecule has 0 amide bonds. The van der Waals surface area contributed by atoms with Crippen molar-refractivity contribution >= 4 is 117 Å². The molecule has 2 aliphatic rings. The molecule has 6 heteroatoms. The fraction of sp³-hybridized carbons (Fsp3) is 0. The van der Waals surface area contributed by atoms with Gasteiger partial charge in [0.15, 0.2) is 0 Å². The predicted molar refractivity (Wildman–Crippen MR) is 277 cm³/mol. The molecular formula is C58H38BN3S2. The van der Waals surface area contributed by atoms with E-state index in [-0.39, 0.29) is 6.71 Å². The van der Waals surface area contributed by atoms with Crippen LogP contribution in [0.1, 0.15) is 0 Å². The Hall–Kier alpha value is -7.64. The number of hydrogen-bond donors (Lipinski definition) is 0. The van der Waals surface area contributed by atoms with Crippen molar-refractivity contribution in [2.24, 2.45) is 0 Å². The predicted octanol–water partition coefficient (Wildman–Crippen LogP) is 15.0. The average Bonchev–Trinajstić information content (AvgIpc) is 3.94. The van der Waals surface area contributed by atoms with Crippen molar-refractivity contribution in [3.8, 4) is 20.9 Å². The summed E-state index contributed by atoms with van der Waals surface area (Å²) in [4.78, 5) is 10.1. The molecule has 64 heavy (non-hydrogen) atoms. The van der Waals surface area contributed by atoms with Gasteiger partial charge >= 0.3 is 0 Å². The van der Waals surface area contributed by atoms with Gasteiger partial charge in [0.05, 0.1) is 26.8 Å². The van der Waals surface area contributed by atoms with Crippen molar-refractivity contribution in [3.05, 3.63) is 231 Å². The van der Waals surface area contributed by atoms with Crippen LogP contribution in [-0.4, -0.2) is 6.71 Å². The molecule has 0 aliphatic carbocycles. The van der Waals surface area contributed by atoms with Crippen molar-refractivity contribution in [2.45, 2.75) is 0 Å². The smallest absolute Gasteiger partial charge is 0.252 e. The zero-order valence-corrected chi connectivity index (χ0v) is 36.3. The zero-order chi connectivity index (χ0) is 42.1. The molecule has 13 rings (SSSR count). The summed E-state index contributed by atoms with van der Waals surface area (Å²) < 4.78 is 2.53. The van der Waals surface area contributed by atoms with Crippen LogP contribution in [0.25, 0.3) is 41.1 Å². The number of fused-ring (bicyclic) bond motifs is 6. The summed E-state index contributed by atoms with van der Waals surface area (Å²) in [6.07, 6.45) is 0. The summed E-state index contributed by atoms with van der Waals surface area (Å²) in [6.45, 7) is -0.0176. The van der Waals surface area contributed by atoms with Crippen LogP contribution in [0.3, 0.4) is 0 Å². The number of nitrogens with zero attached hydrogens (tertiary/aromatic N) is 3. The van der Waals surface area contributed by atoms with Crippen molar-refractivity contribution < 1.29 is 0 Å². The van der Waals surface area contributed by atoms with Crippen LogP contribution in [0.15, 0.2) is 231 Å². The van der Waals surface area contributed by atoms with Gasteiger partial charge in [0.2, 0.25) is 0 Å². The second-order valence-electron chi connectivity index (χ2n) is 16.4. The van der Waals surface area contributed by atoms with E-state index in [4.69, 9.17) is 0 Å². The van der Waals surface area contributed by atoms with Crippen molar-refractivity contribution in [1.82, 2.24) is 0 Å². The van der Waals surface area contributed by atoms with E-state index < -0.39 is 0 Å². The lowest BCUT2D eigenvalue weighted by Crippen LogP contribution is -2.61. The molecule has 3 nitrogen and oxygen atoms in total. The molecule has 2 aliphatic heterocycles. The van der Waals surface area contributed by atoms with Gasteiger partial charge in [0, 0.05) is 54.3 Å². The van der Waals surface area contributed by atoms with Crippen LogP contribution in [0.5, 0.6) is 0 Å². The third kappa shape index (κ3) is 5.73. The number of benzene rings is 9. The largest absolute Gasteiger partial charge is 0.310 e. The van der Waals surface area contributed by atoms with Gasteiger partial charge in [-0.1, -0.05) is 170 Å². The molecule has 0 atom stereocenters. The normalized spacial score (nSPS) is 12.6. The van der Waals surface area contributed by atoms with Gasteiger partial charge in [-0.05, 0) is 88.2 Å². The van der Waals surface area contributed by atoms with Gasteiger partial charge in [-0.2, -0.15) is 0 Å². The number of anilines is 9. The summed E-state index contributed by atoms with van der Waals surface area (Å²) >= 11 is 3.75. The highest BCUT2D eigenvalue weighted by molar-refractivity contribution is 7.23. The number of thiophene rings is 2. The van der Waals surface area contributed by atoms with Crippen LogP contribution in [-0.2, 0) is 0 Å². The van der Waals surface area contributed by atoms with E-state index in [1.54, 1.807) is 0 Å². The minimum absolute atomic E-state index is 0.0176. The summed E-state index contributed by atoms with van der Waals surface area (Å²) in [5.74, 6) is 0. The fourth-order valence-corrected chi connectivity index (χ4v) is 12.6. The van der Waals surface area contributed by atoms with E-state index in [0.717, 1.165) is 17.1 Å². The molecule has 11 aromatic rings. The Balaban J connectivity index is 1.20. The van der Waals surface area contributed by atoms with E-state index >= 15 is 0 Å². The summed E-state index contributed by atoms with van der Waals surface area (Å²) in [5, 5.41) is 2.48. The monoisotopic (exact) mass is 851 g/mol. The molecule has 0 bridgehead atoms. The second kappa shape index (κ2) is 15.0. The van der Waals surface area contributed by atoms with Gasteiger partial charge in [-0.15, -0.1) is 22.7 Å². The lowest BCUT2D eigenvalue weighted by atomic mass is 9.33. The minimum Gasteiger partial charge on any atom is -0.310 e. The molecule has 0 radical (unpaired) electrons. The van der Waals surface area contributed by atoms with Gasteiger partial charge < -0.3 is 14.7 Å². The SMILES string of the molecule is c1ccc(-c2sc3ccccc3c2N2c3ccccc3B3c4ccccc4N(c4c(-c5ccccc5)sc5ccccc45)c4cc(N(c5ccccc5)c5ccccc5)cc2c43)cc1. The molecule has 300 valence electrons. The summed E-state index contributed by atoms with van der Waals surface area (Å²) in [6, 6.07) is 84.7. The van der Waals surface area contributed by atoms with E-state index in [1.807, 2.05) is 22.7 Å². The second-order valence-corrected chi connectivity index (χ2v) is 18.5. The minimum atomic E-state index is -0.0176. The lowest BCUT2D eigenvalue weighted by molar-refractivity contribution is 1.24. The Morgan fingerprint density at radius 2 is 0.719 bits per heavy atom. The quantitative estimate of drug-likeness (QED) is 0.148. The first-order valence-corrected chi connectivity index (χ1v) is 23.4. The molecule has 0 fully saturated rings. The number of para-hydroxylation sites is 4. The van der Waals surface area contributed by atoms with Crippen LogP contribution < -0.4 is 31.1 Å². The van der Waals surface area contributed by atoms with Crippen molar-refractivity contribution in [3.63, 3.8) is 0 Å². The van der Waals surface area contributed by atoms with E-state index in [9.17, 15) is 0 Å². The summed E-state index contributed by atoms with van der Waals surface area (Å²) in [5.41, 5.74) is 16.8. The van der Waals surface area contributed by atoms with Crippen LogP contribution in [0.4, 0.5) is 51.2 Å². The number of rotatable bonds is 7. The summed E-state index contributed by atoms with van der Waals surface area (Å²) in [7, 11) is 0. The average molecular weight is 852 g/mol. The molecule has 0 N–H and O–H groups in total. The number of hydrogen-bond acceptors (Lipinski definition) is 5. The Morgan fingerprint density at radius 1 is 0.344 bits per heavy atom. The van der Waals surface area contributed by atoms with Gasteiger partial charge in [0.1, 0.15) is 0 Å². The first-order valence-electron chi connectivity index (χ1n) is 21.8. The molecule has 0 saturated heterocycles. The van der Waals surface area contributed by atoms with Crippen LogP contribution in [0.2, 0.25) is 0 Å². The standard InChI is InChI=1S/C58H38BN3S2/c1-5-21-39(22-6-1)57-55(44-29-13-19-35-52(44)63-57)61-48-33-17-15-31-46(48)59-47-32-16-18-34-49(47)62(56-45-30-14-20-36-53(45)64-58(56)40-23-7-2-8-24-40)51-38-43(37-50(61)54(51)59)60(41-25-9-3-10-26-41)42-27-11-4-12-28-42/h1-38H. The molecule has 9 aromatic carbocycles. The Kier molecular flexibility index (Phi) is 8.68. The van der Waals surface area contributed by atoms with E-state index in [2.05, 4.69) is 245 Å². The topological polar surface area (TPSA) is 9.72 Å². The maximum absolute atomic E-state index is 2.61. The molecular weight excluding hydrogens is 814 g/mol. The highest BCUT2D eigenvalue weighted by Gasteiger charge is 2.45. The van der Waals surface area contributed by atoms with Crippen LogP contribution >= 0.6 is 22.7 Å².